The van der Waals surface area contributed by atoms with Crippen molar-refractivity contribution in [1.82, 2.24) is 9.97 Å². The first-order valence-corrected chi connectivity index (χ1v) is 5.41. The summed E-state index contributed by atoms with van der Waals surface area (Å²) in [6.45, 7) is 4.37. The monoisotopic (exact) mass is 308 g/mol. The summed E-state index contributed by atoms with van der Waals surface area (Å²) in [5.41, 5.74) is 0.748. The highest BCUT2D eigenvalue weighted by atomic mass is 127. The molecule has 4 nitrogen and oxygen atoms in total. The van der Waals surface area contributed by atoms with Crippen molar-refractivity contribution < 1.29 is 4.74 Å². The van der Waals surface area contributed by atoms with Crippen molar-refractivity contribution in [2.45, 2.75) is 26.4 Å². The molecule has 0 saturated carbocycles. The van der Waals surface area contributed by atoms with Crippen molar-refractivity contribution in [3.05, 3.63) is 25.4 Å². The molecule has 1 rings (SSSR count). The summed E-state index contributed by atoms with van der Waals surface area (Å²) in [6, 6.07) is 0. The molecular formula is C9H13IN2O2. The van der Waals surface area contributed by atoms with Crippen molar-refractivity contribution in [1.29, 1.82) is 0 Å². The first-order valence-electron chi connectivity index (χ1n) is 4.33. The lowest BCUT2D eigenvalue weighted by Gasteiger charge is -2.08. The number of aromatic amines is 1. The normalized spacial score (nSPS) is 10.9. The van der Waals surface area contributed by atoms with Crippen molar-refractivity contribution in [2.75, 3.05) is 7.11 Å². The van der Waals surface area contributed by atoms with E-state index in [2.05, 4.69) is 9.97 Å². The third kappa shape index (κ3) is 2.54. The van der Waals surface area contributed by atoms with Crippen LogP contribution < -0.4 is 5.56 Å². The van der Waals surface area contributed by atoms with Gasteiger partial charge in [0.25, 0.3) is 5.56 Å². The minimum Gasteiger partial charge on any atom is -0.377 e. The van der Waals surface area contributed by atoms with Crippen molar-refractivity contribution in [3.63, 3.8) is 0 Å². The lowest BCUT2D eigenvalue weighted by atomic mass is 10.1. The molecule has 0 fully saturated rings. The molecule has 1 heterocycles. The van der Waals surface area contributed by atoms with Crippen LogP contribution in [0.1, 0.15) is 31.3 Å². The molecule has 0 radical (unpaired) electrons. The molecule has 0 amide bonds. The number of methoxy groups -OCH3 is 1. The van der Waals surface area contributed by atoms with Gasteiger partial charge in [0.05, 0.1) is 9.26 Å². The molecule has 0 atom stereocenters. The Balaban J connectivity index is 3.21. The molecule has 78 valence electrons. The Morgan fingerprint density at radius 3 is 2.71 bits per heavy atom. The Bertz CT molecular complexity index is 374. The fourth-order valence-corrected chi connectivity index (χ4v) is 1.99. The summed E-state index contributed by atoms with van der Waals surface area (Å²) in [4.78, 5) is 18.5. The van der Waals surface area contributed by atoms with Gasteiger partial charge >= 0.3 is 0 Å². The van der Waals surface area contributed by atoms with Crippen LogP contribution in [0.2, 0.25) is 0 Å². The topological polar surface area (TPSA) is 55.0 Å². The Hall–Kier alpha value is -0.430. The quantitative estimate of drug-likeness (QED) is 0.864. The summed E-state index contributed by atoms with van der Waals surface area (Å²) < 4.78 is 5.59. The maximum Gasteiger partial charge on any atom is 0.264 e. The largest absolute Gasteiger partial charge is 0.377 e. The van der Waals surface area contributed by atoms with Crippen LogP contribution in [0.25, 0.3) is 0 Å². The summed E-state index contributed by atoms with van der Waals surface area (Å²) in [7, 11) is 1.58. The Labute approximate surface area is 96.2 Å². The van der Waals surface area contributed by atoms with Gasteiger partial charge in [0.2, 0.25) is 0 Å². The van der Waals surface area contributed by atoms with Gasteiger partial charge in [-0.3, -0.25) is 4.79 Å². The first-order chi connectivity index (χ1) is 6.56. The smallest absolute Gasteiger partial charge is 0.264 e. The summed E-state index contributed by atoms with van der Waals surface area (Å²) in [5.74, 6) is 0.835. The van der Waals surface area contributed by atoms with E-state index < -0.39 is 0 Å². The second-order valence-corrected chi connectivity index (χ2v) is 4.38. The van der Waals surface area contributed by atoms with Crippen LogP contribution in [0.4, 0.5) is 0 Å². The molecule has 14 heavy (non-hydrogen) atoms. The fourth-order valence-electron chi connectivity index (χ4n) is 1.11. The molecular weight excluding hydrogens is 295 g/mol. The molecule has 1 aromatic rings. The summed E-state index contributed by atoms with van der Waals surface area (Å²) in [6.07, 6.45) is 0. The van der Waals surface area contributed by atoms with Crippen LogP contribution in [0, 0.1) is 3.57 Å². The van der Waals surface area contributed by atoms with E-state index in [9.17, 15) is 4.79 Å². The molecule has 0 aliphatic rings. The van der Waals surface area contributed by atoms with Gasteiger partial charge in [-0.2, -0.15) is 0 Å². The van der Waals surface area contributed by atoms with E-state index >= 15 is 0 Å². The summed E-state index contributed by atoms with van der Waals surface area (Å²) in [5, 5.41) is 0. The zero-order chi connectivity index (χ0) is 10.7. The fraction of sp³-hybridized carbons (Fsp3) is 0.556. The standard InChI is InChI=1S/C9H13IN2O2/c1-5(2)8-7(10)9(13)12-6(11-8)4-14-3/h5H,4H2,1-3H3,(H,11,12,13). The highest BCUT2D eigenvalue weighted by Gasteiger charge is 2.11. The number of hydrogen-bond donors (Lipinski definition) is 1. The molecule has 0 aliphatic carbocycles. The van der Waals surface area contributed by atoms with Gasteiger partial charge in [-0.25, -0.2) is 4.98 Å². The Kier molecular flexibility index (Phi) is 4.06. The van der Waals surface area contributed by atoms with Gasteiger partial charge < -0.3 is 9.72 Å². The third-order valence-electron chi connectivity index (χ3n) is 1.77. The van der Waals surface area contributed by atoms with Gasteiger partial charge in [-0.05, 0) is 28.5 Å². The van der Waals surface area contributed by atoms with E-state index in [0.29, 0.717) is 16.0 Å². The van der Waals surface area contributed by atoms with Crippen LogP contribution in [0.5, 0.6) is 0 Å². The lowest BCUT2D eigenvalue weighted by molar-refractivity contribution is 0.177. The van der Waals surface area contributed by atoms with E-state index in [0.717, 1.165) is 5.69 Å². The zero-order valence-electron chi connectivity index (χ0n) is 8.43. The molecule has 5 heteroatoms. The molecule has 1 aromatic heterocycles. The van der Waals surface area contributed by atoms with Gasteiger partial charge in [0.15, 0.2) is 0 Å². The molecule has 0 unspecified atom stereocenters. The van der Waals surface area contributed by atoms with E-state index in [-0.39, 0.29) is 11.5 Å². The number of aromatic nitrogens is 2. The van der Waals surface area contributed by atoms with Crippen LogP contribution >= 0.6 is 22.6 Å². The highest BCUT2D eigenvalue weighted by molar-refractivity contribution is 14.1. The molecule has 0 aromatic carbocycles. The zero-order valence-corrected chi connectivity index (χ0v) is 10.6. The van der Waals surface area contributed by atoms with E-state index in [4.69, 9.17) is 4.74 Å². The van der Waals surface area contributed by atoms with Gasteiger partial charge in [-0.15, -0.1) is 0 Å². The van der Waals surface area contributed by atoms with Crippen LogP contribution in [-0.2, 0) is 11.3 Å². The van der Waals surface area contributed by atoms with Gasteiger partial charge in [-0.1, -0.05) is 13.8 Å². The van der Waals surface area contributed by atoms with E-state index in [1.54, 1.807) is 7.11 Å². The van der Waals surface area contributed by atoms with Gasteiger partial charge in [0.1, 0.15) is 12.4 Å². The first kappa shape index (κ1) is 11.6. The van der Waals surface area contributed by atoms with Crippen LogP contribution in [0.3, 0.4) is 0 Å². The Morgan fingerprint density at radius 1 is 1.57 bits per heavy atom. The highest BCUT2D eigenvalue weighted by Crippen LogP contribution is 2.15. The second-order valence-electron chi connectivity index (χ2n) is 3.30. The summed E-state index contributed by atoms with van der Waals surface area (Å²) >= 11 is 2.02. The van der Waals surface area contributed by atoms with E-state index in [1.807, 2.05) is 36.4 Å². The predicted molar refractivity (Wildman–Crippen MR) is 62.4 cm³/mol. The molecule has 0 bridgehead atoms. The minimum absolute atomic E-state index is 0.0867. The predicted octanol–water partition coefficient (Wildman–Crippen LogP) is 1.64. The maximum absolute atomic E-state index is 11.5. The number of halogens is 1. The van der Waals surface area contributed by atoms with Crippen LogP contribution in [-0.4, -0.2) is 17.1 Å². The third-order valence-corrected chi connectivity index (χ3v) is 2.81. The van der Waals surface area contributed by atoms with Crippen LogP contribution in [0.15, 0.2) is 4.79 Å². The maximum atomic E-state index is 11.5. The average Bonchev–Trinajstić information content (AvgIpc) is 2.11. The van der Waals surface area contributed by atoms with Crippen molar-refractivity contribution in [3.8, 4) is 0 Å². The van der Waals surface area contributed by atoms with E-state index in [1.165, 1.54) is 0 Å². The molecule has 0 aliphatic heterocycles. The molecule has 1 N–H and O–H groups in total. The number of nitrogens with one attached hydrogen (secondary N) is 1. The number of rotatable bonds is 3. The number of ether oxygens (including phenoxy) is 1. The number of H-pyrrole nitrogens is 1. The minimum atomic E-state index is -0.0867. The Morgan fingerprint density at radius 2 is 2.21 bits per heavy atom. The van der Waals surface area contributed by atoms with Crippen molar-refractivity contribution >= 4 is 22.6 Å². The average molecular weight is 308 g/mol. The number of hydrogen-bond acceptors (Lipinski definition) is 3. The van der Waals surface area contributed by atoms with Crippen molar-refractivity contribution in [2.24, 2.45) is 0 Å². The molecule has 0 saturated heterocycles. The second kappa shape index (κ2) is 4.88. The molecule has 0 spiro atoms. The lowest BCUT2D eigenvalue weighted by Crippen LogP contribution is -2.19. The SMILES string of the molecule is COCc1nc(C(C)C)c(I)c(=O)[nH]1. The van der Waals surface area contributed by atoms with Gasteiger partial charge in [0, 0.05) is 7.11 Å². The number of nitrogens with zero attached hydrogens (tertiary/aromatic N) is 1.